The van der Waals surface area contributed by atoms with Gasteiger partial charge in [-0.2, -0.15) is 0 Å². The summed E-state index contributed by atoms with van der Waals surface area (Å²) in [6.07, 6.45) is 6.29. The zero-order valence-electron chi connectivity index (χ0n) is 9.97. The van der Waals surface area contributed by atoms with Crippen LogP contribution in [0.1, 0.15) is 25.7 Å². The maximum Gasteiger partial charge on any atom is 0.323 e. The van der Waals surface area contributed by atoms with Gasteiger partial charge in [-0.3, -0.25) is 9.59 Å². The van der Waals surface area contributed by atoms with Crippen molar-refractivity contribution in [2.75, 3.05) is 13.1 Å². The molecule has 1 amide bonds. The molecule has 4 nitrogen and oxygen atoms in total. The van der Waals surface area contributed by atoms with Crippen molar-refractivity contribution >= 4 is 11.9 Å². The highest BCUT2D eigenvalue weighted by Crippen LogP contribution is 2.56. The summed E-state index contributed by atoms with van der Waals surface area (Å²) in [5.74, 6) is 0.208. The van der Waals surface area contributed by atoms with Crippen molar-refractivity contribution in [3.63, 3.8) is 0 Å². The SMILES string of the molecule is C=CCN(CC(=O)O)C(=O)C1C2CCCCC21. The zero-order valence-corrected chi connectivity index (χ0v) is 9.97. The van der Waals surface area contributed by atoms with Crippen LogP contribution in [-0.2, 0) is 9.59 Å². The fraction of sp³-hybridized carbons (Fsp3) is 0.692. The molecule has 0 aromatic heterocycles. The molecule has 94 valence electrons. The highest BCUT2D eigenvalue weighted by atomic mass is 16.4. The van der Waals surface area contributed by atoms with Gasteiger partial charge in [0.25, 0.3) is 0 Å². The number of carbonyl (C=O) groups is 2. The molecule has 0 aromatic rings. The van der Waals surface area contributed by atoms with E-state index in [2.05, 4.69) is 6.58 Å². The highest BCUT2D eigenvalue weighted by Gasteiger charge is 2.55. The van der Waals surface area contributed by atoms with E-state index in [9.17, 15) is 9.59 Å². The molecule has 2 saturated carbocycles. The summed E-state index contributed by atoms with van der Waals surface area (Å²) in [5.41, 5.74) is 0. The number of rotatable bonds is 5. The number of hydrogen-bond acceptors (Lipinski definition) is 2. The van der Waals surface area contributed by atoms with Crippen molar-refractivity contribution in [1.29, 1.82) is 0 Å². The van der Waals surface area contributed by atoms with Gasteiger partial charge in [0, 0.05) is 12.5 Å². The Kier molecular flexibility index (Phi) is 3.50. The first-order chi connectivity index (χ1) is 8.15. The van der Waals surface area contributed by atoms with Crippen LogP contribution in [0.4, 0.5) is 0 Å². The van der Waals surface area contributed by atoms with Gasteiger partial charge < -0.3 is 10.0 Å². The van der Waals surface area contributed by atoms with Crippen LogP contribution >= 0.6 is 0 Å². The summed E-state index contributed by atoms with van der Waals surface area (Å²) in [6.45, 7) is 3.70. The van der Waals surface area contributed by atoms with Crippen molar-refractivity contribution in [3.8, 4) is 0 Å². The van der Waals surface area contributed by atoms with Crippen LogP contribution in [-0.4, -0.2) is 35.0 Å². The Bertz CT molecular complexity index is 328. The van der Waals surface area contributed by atoms with Crippen LogP contribution in [0.2, 0.25) is 0 Å². The molecule has 1 N–H and O–H groups in total. The minimum atomic E-state index is -0.955. The number of nitrogens with zero attached hydrogens (tertiary/aromatic N) is 1. The molecule has 2 unspecified atom stereocenters. The van der Waals surface area contributed by atoms with E-state index in [-0.39, 0.29) is 18.4 Å². The van der Waals surface area contributed by atoms with E-state index in [0.717, 1.165) is 12.8 Å². The third-order valence-electron chi connectivity index (χ3n) is 3.93. The standard InChI is InChI=1S/C13H19NO3/c1-2-7-14(8-11(15)16)13(17)12-9-5-3-4-6-10(9)12/h2,9-10,12H,1,3-8H2,(H,15,16). The predicted octanol–water partition coefficient (Wildman–Crippen LogP) is 1.52. The molecule has 4 heteroatoms. The van der Waals surface area contributed by atoms with Crippen LogP contribution in [0.3, 0.4) is 0 Å². The summed E-state index contributed by atoms with van der Waals surface area (Å²) in [6, 6.07) is 0. The minimum Gasteiger partial charge on any atom is -0.480 e. The summed E-state index contributed by atoms with van der Waals surface area (Å²) in [5, 5.41) is 8.79. The first-order valence-electron chi connectivity index (χ1n) is 6.26. The fourth-order valence-electron chi connectivity index (χ4n) is 3.12. The van der Waals surface area contributed by atoms with Gasteiger partial charge in [0.15, 0.2) is 0 Å². The number of carboxylic acids is 1. The van der Waals surface area contributed by atoms with Crippen molar-refractivity contribution < 1.29 is 14.7 Å². The van der Waals surface area contributed by atoms with Crippen molar-refractivity contribution in [2.45, 2.75) is 25.7 Å². The molecule has 2 aliphatic rings. The van der Waals surface area contributed by atoms with Gasteiger partial charge in [-0.1, -0.05) is 18.9 Å². The number of aliphatic carboxylic acids is 1. The van der Waals surface area contributed by atoms with Gasteiger partial charge in [-0.15, -0.1) is 6.58 Å². The van der Waals surface area contributed by atoms with Crippen molar-refractivity contribution in [3.05, 3.63) is 12.7 Å². The lowest BCUT2D eigenvalue weighted by atomic mass is 10.0. The number of amides is 1. The molecule has 2 rings (SSSR count). The molecule has 2 atom stereocenters. The molecular weight excluding hydrogens is 218 g/mol. The van der Waals surface area contributed by atoms with Gasteiger partial charge in [0.05, 0.1) is 0 Å². The molecule has 0 saturated heterocycles. The van der Waals surface area contributed by atoms with Gasteiger partial charge in [-0.25, -0.2) is 0 Å². The zero-order chi connectivity index (χ0) is 12.4. The normalized spacial score (nSPS) is 30.2. The van der Waals surface area contributed by atoms with Gasteiger partial charge >= 0.3 is 5.97 Å². The summed E-state index contributed by atoms with van der Waals surface area (Å²) in [4.78, 5) is 24.3. The van der Waals surface area contributed by atoms with Crippen LogP contribution in [0.5, 0.6) is 0 Å². The maximum absolute atomic E-state index is 12.2. The van der Waals surface area contributed by atoms with E-state index >= 15 is 0 Å². The largest absolute Gasteiger partial charge is 0.480 e. The molecule has 2 fully saturated rings. The van der Waals surface area contributed by atoms with Crippen LogP contribution in [0, 0.1) is 17.8 Å². The molecule has 0 heterocycles. The van der Waals surface area contributed by atoms with Gasteiger partial charge in [-0.05, 0) is 24.7 Å². The molecule has 17 heavy (non-hydrogen) atoms. The summed E-state index contributed by atoms with van der Waals surface area (Å²) in [7, 11) is 0. The van der Waals surface area contributed by atoms with Crippen molar-refractivity contribution in [2.24, 2.45) is 17.8 Å². The lowest BCUT2D eigenvalue weighted by Gasteiger charge is -2.19. The maximum atomic E-state index is 12.2. The molecule has 0 radical (unpaired) electrons. The van der Waals surface area contributed by atoms with Gasteiger partial charge in [0.1, 0.15) is 6.54 Å². The number of carboxylic acid groups (broad SMARTS) is 1. The number of fused-ring (bicyclic) bond motifs is 1. The Morgan fingerprint density at radius 3 is 2.35 bits per heavy atom. The van der Waals surface area contributed by atoms with Crippen LogP contribution in [0.15, 0.2) is 12.7 Å². The topological polar surface area (TPSA) is 57.6 Å². The monoisotopic (exact) mass is 237 g/mol. The van der Waals surface area contributed by atoms with Crippen LogP contribution < -0.4 is 0 Å². The second kappa shape index (κ2) is 4.90. The highest BCUT2D eigenvalue weighted by molar-refractivity contribution is 5.85. The third kappa shape index (κ3) is 2.51. The van der Waals surface area contributed by atoms with E-state index in [1.165, 1.54) is 17.7 Å². The van der Waals surface area contributed by atoms with E-state index in [1.807, 2.05) is 0 Å². The number of hydrogen-bond donors (Lipinski definition) is 1. The van der Waals surface area contributed by atoms with Crippen molar-refractivity contribution in [1.82, 2.24) is 4.90 Å². The first-order valence-corrected chi connectivity index (χ1v) is 6.26. The van der Waals surface area contributed by atoms with Gasteiger partial charge in [0.2, 0.25) is 5.91 Å². The first kappa shape index (κ1) is 12.1. The quantitative estimate of drug-likeness (QED) is 0.738. The Morgan fingerprint density at radius 2 is 1.88 bits per heavy atom. The molecular formula is C13H19NO3. The second-order valence-corrected chi connectivity index (χ2v) is 5.04. The average molecular weight is 237 g/mol. The van der Waals surface area contributed by atoms with Crippen LogP contribution in [0.25, 0.3) is 0 Å². The Balaban J connectivity index is 1.96. The second-order valence-electron chi connectivity index (χ2n) is 5.04. The van der Waals surface area contributed by atoms with E-state index in [4.69, 9.17) is 5.11 Å². The summed E-state index contributed by atoms with van der Waals surface area (Å²) < 4.78 is 0. The predicted molar refractivity (Wildman–Crippen MR) is 63.4 cm³/mol. The average Bonchev–Trinajstić information content (AvgIpc) is 3.01. The lowest BCUT2D eigenvalue weighted by molar-refractivity contribution is -0.144. The summed E-state index contributed by atoms with van der Waals surface area (Å²) >= 11 is 0. The smallest absolute Gasteiger partial charge is 0.323 e. The Labute approximate surface area is 101 Å². The van der Waals surface area contributed by atoms with E-state index < -0.39 is 5.97 Å². The molecule has 0 aromatic carbocycles. The lowest BCUT2D eigenvalue weighted by Crippen LogP contribution is -2.37. The molecule has 0 bridgehead atoms. The molecule has 0 aliphatic heterocycles. The minimum absolute atomic E-state index is 0.0178. The number of carbonyl (C=O) groups excluding carboxylic acids is 1. The fourth-order valence-corrected chi connectivity index (χ4v) is 3.12. The third-order valence-corrected chi connectivity index (χ3v) is 3.93. The molecule has 0 spiro atoms. The Morgan fingerprint density at radius 1 is 1.29 bits per heavy atom. The molecule has 2 aliphatic carbocycles. The Hall–Kier alpha value is -1.32. The van der Waals surface area contributed by atoms with E-state index in [0.29, 0.717) is 18.4 Å². The van der Waals surface area contributed by atoms with E-state index in [1.54, 1.807) is 6.08 Å².